The summed E-state index contributed by atoms with van der Waals surface area (Å²) in [6.07, 6.45) is 3.52. The van der Waals surface area contributed by atoms with Crippen molar-refractivity contribution in [2.24, 2.45) is 0 Å². The number of ether oxygens (including phenoxy) is 3. The van der Waals surface area contributed by atoms with Gasteiger partial charge in [-0.05, 0) is 42.5 Å². The number of Topliss-reactive ketones (excluding diaryl/α,β-unsaturated/α-hetero) is 2. The van der Waals surface area contributed by atoms with Crippen molar-refractivity contribution in [3.05, 3.63) is 72.2 Å². The Hall–Kier alpha value is -4.24. The highest BCUT2D eigenvalue weighted by Gasteiger charge is 2.19. The molecular formula is C26H25N3O6. The molecule has 0 saturated carbocycles. The van der Waals surface area contributed by atoms with E-state index in [-0.39, 0.29) is 43.3 Å². The number of nitrogens with zero attached hydrogens (tertiary/aromatic N) is 3. The summed E-state index contributed by atoms with van der Waals surface area (Å²) in [5.74, 6) is 0.865. The van der Waals surface area contributed by atoms with Gasteiger partial charge in [0.25, 0.3) is 0 Å². The zero-order chi connectivity index (χ0) is 24.8. The predicted octanol–water partition coefficient (Wildman–Crippen LogP) is 3.63. The van der Waals surface area contributed by atoms with Crippen LogP contribution in [0.4, 0.5) is 0 Å². The fourth-order valence-corrected chi connectivity index (χ4v) is 3.69. The smallest absolute Gasteiger partial charge is 0.181 e. The van der Waals surface area contributed by atoms with Gasteiger partial charge >= 0.3 is 0 Å². The van der Waals surface area contributed by atoms with E-state index in [1.165, 1.54) is 7.11 Å². The fourth-order valence-electron chi connectivity index (χ4n) is 3.69. The third-order valence-electron chi connectivity index (χ3n) is 5.46. The molecule has 0 spiro atoms. The molecule has 1 aromatic carbocycles. The topological polar surface area (TPSA) is 112 Å². The number of rotatable bonds is 11. The Labute approximate surface area is 201 Å². The first-order chi connectivity index (χ1) is 17.0. The molecule has 0 saturated heterocycles. The molecule has 3 heterocycles. The van der Waals surface area contributed by atoms with Crippen LogP contribution in [0.2, 0.25) is 0 Å². The molecule has 0 atom stereocenters. The lowest BCUT2D eigenvalue weighted by Gasteiger charge is -2.11. The van der Waals surface area contributed by atoms with E-state index < -0.39 is 0 Å². The third kappa shape index (κ3) is 5.15. The first-order valence-corrected chi connectivity index (χ1v) is 11.0. The number of carbonyl (C=O) groups is 2. The molecule has 35 heavy (non-hydrogen) atoms. The van der Waals surface area contributed by atoms with Crippen LogP contribution in [0.3, 0.4) is 0 Å². The van der Waals surface area contributed by atoms with Crippen molar-refractivity contribution in [3.63, 3.8) is 0 Å². The summed E-state index contributed by atoms with van der Waals surface area (Å²) >= 11 is 0. The van der Waals surface area contributed by atoms with Gasteiger partial charge in [0.15, 0.2) is 23.1 Å². The van der Waals surface area contributed by atoms with Gasteiger partial charge in [0, 0.05) is 30.2 Å². The maximum absolute atomic E-state index is 12.9. The monoisotopic (exact) mass is 475 g/mol. The number of benzene rings is 1. The number of aliphatic hydroxyl groups excluding tert-OH is 1. The Morgan fingerprint density at radius 1 is 0.943 bits per heavy atom. The Morgan fingerprint density at radius 3 is 2.49 bits per heavy atom. The maximum atomic E-state index is 12.9. The van der Waals surface area contributed by atoms with Crippen molar-refractivity contribution in [2.45, 2.75) is 12.8 Å². The Balaban J connectivity index is 1.51. The molecule has 0 aliphatic heterocycles. The van der Waals surface area contributed by atoms with Crippen LogP contribution in [0.25, 0.3) is 16.8 Å². The summed E-state index contributed by atoms with van der Waals surface area (Å²) in [6.45, 7) is -0.0191. The third-order valence-corrected chi connectivity index (χ3v) is 5.46. The second-order valence-corrected chi connectivity index (χ2v) is 7.62. The van der Waals surface area contributed by atoms with Crippen molar-refractivity contribution in [3.8, 4) is 28.5 Å². The number of pyridine rings is 2. The van der Waals surface area contributed by atoms with E-state index in [0.717, 1.165) is 11.1 Å². The second kappa shape index (κ2) is 10.8. The van der Waals surface area contributed by atoms with Crippen molar-refractivity contribution in [1.29, 1.82) is 0 Å². The van der Waals surface area contributed by atoms with Gasteiger partial charge in [0.2, 0.25) is 0 Å². The molecule has 0 aliphatic rings. The molecular weight excluding hydrogens is 450 g/mol. The maximum Gasteiger partial charge on any atom is 0.181 e. The normalized spacial score (nSPS) is 10.8. The van der Waals surface area contributed by atoms with Crippen LogP contribution in [-0.2, 0) is 0 Å². The van der Waals surface area contributed by atoms with E-state index >= 15 is 0 Å². The molecule has 9 nitrogen and oxygen atoms in total. The van der Waals surface area contributed by atoms with Crippen LogP contribution >= 0.6 is 0 Å². The molecule has 0 bridgehead atoms. The van der Waals surface area contributed by atoms with Crippen molar-refractivity contribution in [2.75, 3.05) is 27.4 Å². The van der Waals surface area contributed by atoms with Crippen molar-refractivity contribution >= 4 is 17.1 Å². The second-order valence-electron chi connectivity index (χ2n) is 7.62. The van der Waals surface area contributed by atoms with E-state index in [1.54, 1.807) is 48.2 Å². The highest BCUT2D eigenvalue weighted by atomic mass is 16.5. The Morgan fingerprint density at radius 2 is 1.71 bits per heavy atom. The first-order valence-electron chi connectivity index (χ1n) is 11.0. The average Bonchev–Trinajstić information content (AvgIpc) is 3.33. The molecule has 4 rings (SSSR count). The van der Waals surface area contributed by atoms with E-state index in [1.807, 2.05) is 24.4 Å². The summed E-state index contributed by atoms with van der Waals surface area (Å²) in [5, 5.41) is 13.3. The summed E-state index contributed by atoms with van der Waals surface area (Å²) < 4.78 is 17.8. The summed E-state index contributed by atoms with van der Waals surface area (Å²) in [5.41, 5.74) is 2.73. The molecule has 9 heteroatoms. The largest absolute Gasteiger partial charge is 0.494 e. The highest BCUT2D eigenvalue weighted by Crippen LogP contribution is 2.32. The minimum Gasteiger partial charge on any atom is -0.494 e. The minimum atomic E-state index is -0.256. The molecule has 180 valence electrons. The standard InChI is InChI=1S/C26H25N3O6/c1-33-24-11-7-19(28-26(24)18-16-27-29-12-4-3-5-20(18)29)22(32)9-8-21(31)17-6-10-23(35-14-13-30)25(15-17)34-2/h3-7,10-12,15-16,30H,8-9,13-14H2,1-2H3. The Bertz CT molecular complexity index is 1360. The van der Waals surface area contributed by atoms with Gasteiger partial charge in [-0.25, -0.2) is 9.50 Å². The first kappa shape index (κ1) is 23.9. The zero-order valence-corrected chi connectivity index (χ0v) is 19.4. The van der Waals surface area contributed by atoms with Crippen LogP contribution in [-0.4, -0.2) is 58.7 Å². The van der Waals surface area contributed by atoms with Gasteiger partial charge in [-0.2, -0.15) is 5.10 Å². The Kier molecular flexibility index (Phi) is 7.37. The number of hydrogen-bond acceptors (Lipinski definition) is 8. The summed E-state index contributed by atoms with van der Waals surface area (Å²) in [4.78, 5) is 30.2. The van der Waals surface area contributed by atoms with Crippen molar-refractivity contribution < 1.29 is 28.9 Å². The summed E-state index contributed by atoms with van der Waals surface area (Å²) in [6, 6.07) is 13.7. The van der Waals surface area contributed by atoms with Crippen LogP contribution in [0.5, 0.6) is 17.2 Å². The lowest BCUT2D eigenvalue weighted by atomic mass is 10.0. The van der Waals surface area contributed by atoms with Crippen LogP contribution in [0, 0.1) is 0 Å². The molecule has 3 aromatic heterocycles. The van der Waals surface area contributed by atoms with Gasteiger partial charge in [-0.1, -0.05) is 6.07 Å². The van der Waals surface area contributed by atoms with Crippen LogP contribution < -0.4 is 14.2 Å². The number of aliphatic hydroxyl groups is 1. The molecule has 0 amide bonds. The number of ketones is 2. The van der Waals surface area contributed by atoms with E-state index in [4.69, 9.17) is 19.3 Å². The van der Waals surface area contributed by atoms with E-state index in [2.05, 4.69) is 10.1 Å². The van der Waals surface area contributed by atoms with E-state index in [9.17, 15) is 9.59 Å². The fraction of sp³-hybridized carbons (Fsp3) is 0.231. The number of aromatic nitrogens is 3. The number of hydrogen-bond donors (Lipinski definition) is 1. The lowest BCUT2D eigenvalue weighted by molar-refractivity contribution is 0.0914. The number of methoxy groups -OCH3 is 2. The predicted molar refractivity (Wildman–Crippen MR) is 128 cm³/mol. The SMILES string of the molecule is COc1cc(C(=O)CCC(=O)c2ccc(OC)c(-c3cnn4ccccc34)n2)ccc1OCCO. The van der Waals surface area contributed by atoms with Crippen LogP contribution in [0.15, 0.2) is 60.9 Å². The van der Waals surface area contributed by atoms with E-state index in [0.29, 0.717) is 28.5 Å². The van der Waals surface area contributed by atoms with Gasteiger partial charge in [-0.3, -0.25) is 9.59 Å². The number of carbonyl (C=O) groups excluding carboxylic acids is 2. The number of fused-ring (bicyclic) bond motifs is 1. The zero-order valence-electron chi connectivity index (χ0n) is 19.4. The summed E-state index contributed by atoms with van der Waals surface area (Å²) in [7, 11) is 3.01. The molecule has 0 radical (unpaired) electrons. The van der Waals surface area contributed by atoms with Crippen molar-refractivity contribution in [1.82, 2.24) is 14.6 Å². The molecule has 0 aliphatic carbocycles. The van der Waals surface area contributed by atoms with Gasteiger partial charge in [0.1, 0.15) is 23.7 Å². The molecule has 1 N–H and O–H groups in total. The van der Waals surface area contributed by atoms with Gasteiger partial charge in [-0.15, -0.1) is 0 Å². The minimum absolute atomic E-state index is 0.00254. The van der Waals surface area contributed by atoms with Gasteiger partial charge < -0.3 is 19.3 Å². The van der Waals surface area contributed by atoms with Crippen LogP contribution in [0.1, 0.15) is 33.7 Å². The molecule has 0 unspecified atom stereocenters. The highest BCUT2D eigenvalue weighted by molar-refractivity contribution is 6.02. The lowest BCUT2D eigenvalue weighted by Crippen LogP contribution is -2.08. The molecule has 0 fully saturated rings. The van der Waals surface area contributed by atoms with Gasteiger partial charge in [0.05, 0.1) is 32.5 Å². The molecule has 4 aromatic rings. The quantitative estimate of drug-likeness (QED) is 0.327. The average molecular weight is 476 g/mol.